The number of anilines is 5. The van der Waals surface area contributed by atoms with E-state index in [1.54, 1.807) is 0 Å². The number of aryl methyl sites for hydroxylation is 2. The Bertz CT molecular complexity index is 927. The molecule has 4 rings (SSSR count). The number of rotatable bonds is 5. The van der Waals surface area contributed by atoms with Gasteiger partial charge in [-0.1, -0.05) is 24.3 Å². The van der Waals surface area contributed by atoms with Crippen LogP contribution in [-0.4, -0.2) is 41.3 Å². The number of para-hydroxylation sites is 1. The zero-order chi connectivity index (χ0) is 19.3. The van der Waals surface area contributed by atoms with Crippen LogP contribution in [0.4, 0.5) is 29.2 Å². The fraction of sp³-hybridized carbons (Fsp3) is 0.286. The van der Waals surface area contributed by atoms with Crippen molar-refractivity contribution in [1.29, 1.82) is 0 Å². The molecule has 0 bridgehead atoms. The van der Waals surface area contributed by atoms with E-state index >= 15 is 0 Å². The second kappa shape index (κ2) is 9.54. The zero-order valence-electron chi connectivity index (χ0n) is 16.6. The monoisotopic (exact) mass is 412 g/mol. The summed E-state index contributed by atoms with van der Waals surface area (Å²) >= 11 is 0. The number of ether oxygens (including phenoxy) is 1. The number of hydrogen-bond donors (Lipinski definition) is 2. The topological polar surface area (TPSA) is 75.2 Å². The molecule has 0 amide bonds. The minimum absolute atomic E-state index is 0. The van der Waals surface area contributed by atoms with Crippen LogP contribution in [-0.2, 0) is 4.74 Å². The second-order valence-electron chi connectivity index (χ2n) is 6.87. The van der Waals surface area contributed by atoms with Crippen LogP contribution in [0.25, 0.3) is 0 Å². The average Bonchev–Trinajstić information content (AvgIpc) is 2.68. The van der Waals surface area contributed by atoms with Gasteiger partial charge in [0.05, 0.1) is 13.2 Å². The lowest BCUT2D eigenvalue weighted by Crippen LogP contribution is -2.37. The lowest BCUT2D eigenvalue weighted by Gasteiger charge is -2.27. The fourth-order valence-corrected chi connectivity index (χ4v) is 3.21. The molecule has 1 aliphatic rings. The Balaban J connectivity index is 0.00000240. The van der Waals surface area contributed by atoms with Crippen LogP contribution in [0.2, 0.25) is 0 Å². The van der Waals surface area contributed by atoms with Crippen molar-refractivity contribution in [3.8, 4) is 0 Å². The van der Waals surface area contributed by atoms with E-state index in [4.69, 9.17) is 4.74 Å². The van der Waals surface area contributed by atoms with Gasteiger partial charge in [0.2, 0.25) is 17.8 Å². The Morgan fingerprint density at radius 2 is 1.38 bits per heavy atom. The van der Waals surface area contributed by atoms with E-state index in [1.165, 1.54) is 11.1 Å². The average molecular weight is 413 g/mol. The summed E-state index contributed by atoms with van der Waals surface area (Å²) in [5.74, 6) is 1.66. The van der Waals surface area contributed by atoms with E-state index in [-0.39, 0.29) is 12.4 Å². The first-order valence-electron chi connectivity index (χ1n) is 9.42. The lowest BCUT2D eigenvalue weighted by atomic mass is 10.1. The Morgan fingerprint density at radius 3 is 2.00 bits per heavy atom. The smallest absolute Gasteiger partial charge is 0.233 e. The molecule has 8 heteroatoms. The molecule has 1 aliphatic heterocycles. The van der Waals surface area contributed by atoms with Crippen molar-refractivity contribution in [1.82, 2.24) is 15.0 Å². The van der Waals surface area contributed by atoms with E-state index in [1.807, 2.05) is 30.3 Å². The van der Waals surface area contributed by atoms with Gasteiger partial charge in [-0.15, -0.1) is 12.4 Å². The highest BCUT2D eigenvalue weighted by atomic mass is 35.5. The summed E-state index contributed by atoms with van der Waals surface area (Å²) in [4.78, 5) is 16.0. The third-order valence-electron chi connectivity index (χ3n) is 4.43. The summed E-state index contributed by atoms with van der Waals surface area (Å²) in [6.45, 7) is 7.02. The molecular weight excluding hydrogens is 388 g/mol. The number of nitrogens with one attached hydrogen (secondary N) is 2. The van der Waals surface area contributed by atoms with Gasteiger partial charge in [0, 0.05) is 24.5 Å². The van der Waals surface area contributed by atoms with Crippen LogP contribution in [0.15, 0.2) is 48.5 Å². The number of hydrogen-bond acceptors (Lipinski definition) is 7. The summed E-state index contributed by atoms with van der Waals surface area (Å²) in [7, 11) is 0. The van der Waals surface area contributed by atoms with Crippen LogP contribution in [0.1, 0.15) is 11.1 Å². The summed E-state index contributed by atoms with van der Waals surface area (Å²) < 4.78 is 5.46. The molecule has 2 heterocycles. The highest BCUT2D eigenvalue weighted by molar-refractivity contribution is 5.85. The molecule has 0 aliphatic carbocycles. The lowest BCUT2D eigenvalue weighted by molar-refractivity contribution is 0.122. The summed E-state index contributed by atoms with van der Waals surface area (Å²) in [5.41, 5.74) is 4.27. The van der Waals surface area contributed by atoms with Crippen LogP contribution < -0.4 is 15.5 Å². The SMILES string of the molecule is Cc1cc(C)cc(Nc2nc(Nc3ccccc3)nc(N3CCOCC3)n2)c1.Cl. The maximum absolute atomic E-state index is 5.46. The molecule has 1 fully saturated rings. The van der Waals surface area contributed by atoms with Gasteiger partial charge in [-0.3, -0.25) is 0 Å². The van der Waals surface area contributed by atoms with Gasteiger partial charge in [0.15, 0.2) is 0 Å². The fourth-order valence-electron chi connectivity index (χ4n) is 3.21. The number of halogens is 1. The zero-order valence-corrected chi connectivity index (χ0v) is 17.4. The molecule has 0 atom stereocenters. The third kappa shape index (κ3) is 5.56. The van der Waals surface area contributed by atoms with Crippen molar-refractivity contribution >= 4 is 41.6 Å². The minimum atomic E-state index is 0. The molecule has 2 N–H and O–H groups in total. The van der Waals surface area contributed by atoms with Crippen LogP contribution in [0.3, 0.4) is 0 Å². The second-order valence-corrected chi connectivity index (χ2v) is 6.87. The molecule has 0 saturated carbocycles. The summed E-state index contributed by atoms with van der Waals surface area (Å²) in [6, 6.07) is 16.2. The summed E-state index contributed by atoms with van der Waals surface area (Å²) in [6.07, 6.45) is 0. The van der Waals surface area contributed by atoms with Gasteiger partial charge in [-0.05, 0) is 49.2 Å². The van der Waals surface area contributed by atoms with Gasteiger partial charge >= 0.3 is 0 Å². The molecule has 0 spiro atoms. The molecule has 29 heavy (non-hydrogen) atoms. The molecule has 0 unspecified atom stereocenters. The number of nitrogens with zero attached hydrogens (tertiary/aromatic N) is 4. The molecule has 1 saturated heterocycles. The quantitative estimate of drug-likeness (QED) is 0.649. The molecule has 152 valence electrons. The van der Waals surface area contributed by atoms with Crippen LogP contribution in [0.5, 0.6) is 0 Å². The van der Waals surface area contributed by atoms with Gasteiger partial charge in [-0.25, -0.2) is 0 Å². The van der Waals surface area contributed by atoms with Gasteiger partial charge in [-0.2, -0.15) is 15.0 Å². The van der Waals surface area contributed by atoms with Crippen molar-refractivity contribution in [2.24, 2.45) is 0 Å². The number of benzene rings is 2. The van der Waals surface area contributed by atoms with Crippen molar-refractivity contribution in [2.45, 2.75) is 13.8 Å². The van der Waals surface area contributed by atoms with Crippen molar-refractivity contribution in [3.05, 3.63) is 59.7 Å². The number of aromatic nitrogens is 3. The first-order valence-corrected chi connectivity index (χ1v) is 9.42. The Kier molecular flexibility index (Phi) is 6.85. The van der Waals surface area contributed by atoms with Gasteiger partial charge in [0.25, 0.3) is 0 Å². The summed E-state index contributed by atoms with van der Waals surface area (Å²) in [5, 5.41) is 6.60. The molecule has 3 aromatic rings. The predicted molar refractivity (Wildman–Crippen MR) is 119 cm³/mol. The normalized spacial score (nSPS) is 13.5. The largest absolute Gasteiger partial charge is 0.378 e. The maximum atomic E-state index is 5.46. The first-order chi connectivity index (χ1) is 13.7. The van der Waals surface area contributed by atoms with Crippen molar-refractivity contribution in [2.75, 3.05) is 41.8 Å². The van der Waals surface area contributed by atoms with E-state index in [0.717, 1.165) is 24.5 Å². The standard InChI is InChI=1S/C21H24N6O.ClH/c1-15-12-16(2)14-18(13-15)23-20-24-19(22-17-6-4-3-5-7-17)25-21(26-20)27-8-10-28-11-9-27;/h3-7,12-14H,8-11H2,1-2H3,(H2,22,23,24,25,26);1H. The van der Waals surface area contributed by atoms with Crippen LogP contribution >= 0.6 is 12.4 Å². The van der Waals surface area contributed by atoms with Crippen LogP contribution in [0, 0.1) is 13.8 Å². The van der Waals surface area contributed by atoms with Gasteiger partial charge < -0.3 is 20.3 Å². The molecule has 2 aromatic carbocycles. The Morgan fingerprint density at radius 1 is 0.793 bits per heavy atom. The highest BCUT2D eigenvalue weighted by Gasteiger charge is 2.17. The Labute approximate surface area is 177 Å². The minimum Gasteiger partial charge on any atom is -0.378 e. The molecular formula is C21H25ClN6O. The maximum Gasteiger partial charge on any atom is 0.233 e. The number of morpholine rings is 1. The van der Waals surface area contributed by atoms with Crippen molar-refractivity contribution < 1.29 is 4.74 Å². The molecule has 1 aromatic heterocycles. The van der Waals surface area contributed by atoms with Crippen molar-refractivity contribution in [3.63, 3.8) is 0 Å². The molecule has 7 nitrogen and oxygen atoms in total. The van der Waals surface area contributed by atoms with E-state index in [0.29, 0.717) is 31.1 Å². The predicted octanol–water partition coefficient (Wildman–Crippen LogP) is 4.23. The first kappa shape index (κ1) is 20.8. The van der Waals surface area contributed by atoms with Gasteiger partial charge in [0.1, 0.15) is 0 Å². The molecule has 0 radical (unpaired) electrons. The highest BCUT2D eigenvalue weighted by Crippen LogP contribution is 2.22. The van der Waals surface area contributed by atoms with E-state index < -0.39 is 0 Å². The van der Waals surface area contributed by atoms with E-state index in [9.17, 15) is 0 Å². The van der Waals surface area contributed by atoms with E-state index in [2.05, 4.69) is 62.5 Å². The third-order valence-corrected chi connectivity index (χ3v) is 4.43. The Hall–Kier alpha value is -2.90.